The lowest BCUT2D eigenvalue weighted by Gasteiger charge is -2.34. The van der Waals surface area contributed by atoms with Crippen molar-refractivity contribution >= 4 is 8.07 Å². The molecule has 5 rings (SSSR count). The molecule has 0 atom stereocenters. The molecule has 70 heavy (non-hydrogen) atoms. The van der Waals surface area contributed by atoms with Crippen molar-refractivity contribution < 1.29 is 9.47 Å². The zero-order valence-electron chi connectivity index (χ0n) is 43.9. The van der Waals surface area contributed by atoms with Gasteiger partial charge in [0.25, 0.3) is 0 Å². The number of aromatic nitrogens is 2. The fourth-order valence-corrected chi connectivity index (χ4v) is 14.0. The lowest BCUT2D eigenvalue weighted by atomic mass is 9.89. The van der Waals surface area contributed by atoms with E-state index in [0.717, 1.165) is 92.0 Å². The number of unbranched alkanes of at least 4 members (excludes halogenated alkanes) is 11. The summed E-state index contributed by atoms with van der Waals surface area (Å²) in [6.45, 7) is 15.2. The van der Waals surface area contributed by atoms with Crippen LogP contribution in [-0.2, 0) is 25.7 Å². The molecule has 3 aromatic carbocycles. The Morgan fingerprint density at radius 2 is 1.04 bits per heavy atom. The molecule has 6 heteroatoms. The minimum atomic E-state index is -1.94. The smallest absolute Gasteiger partial charge is 0.143 e. The largest absolute Gasteiger partial charge is 0.493 e. The summed E-state index contributed by atoms with van der Waals surface area (Å²) in [4.78, 5) is 8.34. The molecule has 370 valence electrons. The molecule has 0 amide bonds. The van der Waals surface area contributed by atoms with Gasteiger partial charge in [-0.1, -0.05) is 136 Å². The average molecular weight is 954 g/mol. The van der Waals surface area contributed by atoms with Gasteiger partial charge in [0, 0.05) is 54.0 Å². The Bertz CT molecular complexity index is 2360. The number of pyridine rings is 2. The number of rotatable bonds is 30. The zero-order valence-corrected chi connectivity index (χ0v) is 44.9. The van der Waals surface area contributed by atoms with Crippen LogP contribution in [0.5, 0.6) is 11.5 Å². The van der Waals surface area contributed by atoms with Crippen molar-refractivity contribution in [3.8, 4) is 52.0 Å². The Morgan fingerprint density at radius 1 is 0.514 bits per heavy atom. The molecule has 5 aromatic rings. The maximum Gasteiger partial charge on any atom is 0.143 e. The van der Waals surface area contributed by atoms with Gasteiger partial charge in [0.05, 0.1) is 19.3 Å². The SMILES string of the molecule is CCCCCCCCc1cc(-c2ccc(C#C[Si](CCCC#N)(C(C)C)C(C)C)cc2)c(CCCCCCCC)cc1C#Cc1cc(OCCCc2ccncc2)cc(OCCCc2ccncc2)c1. The maximum absolute atomic E-state index is 9.31. The Labute approximate surface area is 425 Å². The average Bonchev–Trinajstić information content (AvgIpc) is 3.37. The molecular weight excluding hydrogens is 871 g/mol. The molecule has 0 aliphatic carbocycles. The first-order valence-corrected chi connectivity index (χ1v) is 29.5. The zero-order chi connectivity index (χ0) is 49.7. The summed E-state index contributed by atoms with van der Waals surface area (Å²) >= 11 is 0. The fraction of sp³-hybridized carbons (Fsp3) is 0.484. The van der Waals surface area contributed by atoms with Crippen molar-refractivity contribution in [1.29, 1.82) is 5.26 Å². The summed E-state index contributed by atoms with van der Waals surface area (Å²) in [5, 5.41) is 9.31. The van der Waals surface area contributed by atoms with Gasteiger partial charge in [-0.15, -0.1) is 5.54 Å². The Balaban J connectivity index is 1.49. The minimum absolute atomic E-state index is 0.531. The van der Waals surface area contributed by atoms with Gasteiger partial charge >= 0.3 is 0 Å². The van der Waals surface area contributed by atoms with Gasteiger partial charge in [-0.2, -0.15) is 5.26 Å². The second kappa shape index (κ2) is 31.6. The third-order valence-corrected chi connectivity index (χ3v) is 19.9. The minimum Gasteiger partial charge on any atom is -0.493 e. The van der Waals surface area contributed by atoms with E-state index < -0.39 is 8.07 Å². The monoisotopic (exact) mass is 954 g/mol. The topological polar surface area (TPSA) is 68.0 Å². The molecule has 2 heterocycles. The molecule has 0 aliphatic rings. The number of nitriles is 1. The highest BCUT2D eigenvalue weighted by atomic mass is 28.3. The van der Waals surface area contributed by atoms with E-state index in [0.29, 0.717) is 30.7 Å². The van der Waals surface area contributed by atoms with Gasteiger partial charge < -0.3 is 9.47 Å². The molecule has 2 aromatic heterocycles. The molecule has 0 radical (unpaired) electrons. The molecule has 0 unspecified atom stereocenters. The first-order chi connectivity index (χ1) is 34.2. The number of nitrogens with zero attached hydrogens (tertiary/aromatic N) is 3. The number of aryl methyl sites for hydroxylation is 4. The highest BCUT2D eigenvalue weighted by Crippen LogP contribution is 2.37. The third-order valence-electron chi connectivity index (χ3n) is 14.0. The van der Waals surface area contributed by atoms with Gasteiger partial charge in [0.1, 0.15) is 19.6 Å². The molecule has 5 nitrogen and oxygen atoms in total. The van der Waals surface area contributed by atoms with E-state index in [1.807, 2.05) is 30.9 Å². The quantitative estimate of drug-likeness (QED) is 0.0261. The van der Waals surface area contributed by atoms with Crippen LogP contribution < -0.4 is 9.47 Å². The summed E-state index contributed by atoms with van der Waals surface area (Å²) in [6, 6.07) is 31.9. The van der Waals surface area contributed by atoms with Crippen molar-refractivity contribution in [2.24, 2.45) is 0 Å². The Morgan fingerprint density at radius 3 is 1.57 bits per heavy atom. The van der Waals surface area contributed by atoms with E-state index in [-0.39, 0.29) is 0 Å². The second-order valence-electron chi connectivity index (χ2n) is 19.9. The van der Waals surface area contributed by atoms with Crippen LogP contribution in [-0.4, -0.2) is 31.3 Å². The first kappa shape index (κ1) is 55.3. The van der Waals surface area contributed by atoms with Gasteiger partial charge in [-0.05, 0) is 169 Å². The third kappa shape index (κ3) is 18.9. The van der Waals surface area contributed by atoms with E-state index in [9.17, 15) is 5.26 Å². The van der Waals surface area contributed by atoms with E-state index in [1.165, 1.54) is 97.6 Å². The van der Waals surface area contributed by atoms with Crippen LogP contribution in [0.2, 0.25) is 17.1 Å². The van der Waals surface area contributed by atoms with Crippen LogP contribution in [0.1, 0.15) is 183 Å². The lowest BCUT2D eigenvalue weighted by Crippen LogP contribution is -2.40. The van der Waals surface area contributed by atoms with Gasteiger partial charge in [0.15, 0.2) is 0 Å². The van der Waals surface area contributed by atoms with Crippen LogP contribution in [0.25, 0.3) is 11.1 Å². The lowest BCUT2D eigenvalue weighted by molar-refractivity contribution is 0.295. The fourth-order valence-electron chi connectivity index (χ4n) is 9.64. The van der Waals surface area contributed by atoms with Crippen molar-refractivity contribution in [3.63, 3.8) is 0 Å². The molecule has 0 N–H and O–H groups in total. The number of benzene rings is 3. The van der Waals surface area contributed by atoms with E-state index >= 15 is 0 Å². The van der Waals surface area contributed by atoms with E-state index in [2.05, 4.69) is 154 Å². The van der Waals surface area contributed by atoms with Gasteiger partial charge in [-0.25, -0.2) is 0 Å². The summed E-state index contributed by atoms with van der Waals surface area (Å²) in [6.07, 6.45) is 29.7. The second-order valence-corrected chi connectivity index (χ2v) is 25.1. The maximum atomic E-state index is 9.31. The first-order valence-electron chi connectivity index (χ1n) is 27.1. The molecule has 0 saturated carbocycles. The van der Waals surface area contributed by atoms with Crippen LogP contribution in [0, 0.1) is 34.6 Å². The molecule has 0 fully saturated rings. The number of hydrogen-bond acceptors (Lipinski definition) is 5. The highest BCUT2D eigenvalue weighted by molar-refractivity contribution is 6.89. The number of hydrogen-bond donors (Lipinski definition) is 0. The molecule has 0 aliphatic heterocycles. The van der Waals surface area contributed by atoms with E-state index in [4.69, 9.17) is 9.47 Å². The van der Waals surface area contributed by atoms with Crippen molar-refractivity contribution in [3.05, 3.63) is 143 Å². The van der Waals surface area contributed by atoms with E-state index in [1.54, 1.807) is 0 Å². The standard InChI is InChI=1S/C64H83N3O2Si/c1-7-9-11-13-15-17-25-59-50-64(58-30-27-56(28-31-58)37-46-70(52(3)4,53(5)6)45-20-19-38-65)61(26-18-16-14-12-10-8-2)49-60(59)32-29-57-47-62(68-43-21-23-54-33-39-66-40-34-54)51-63(48-57)69-44-22-24-55-35-41-67-42-36-55/h27-28,30-31,33-36,39-42,47-53H,7-26,43-45H2,1-6H3. The van der Waals surface area contributed by atoms with Crippen LogP contribution in [0.3, 0.4) is 0 Å². The van der Waals surface area contributed by atoms with Crippen molar-refractivity contribution in [1.82, 2.24) is 9.97 Å². The molecular formula is C64H83N3O2Si. The summed E-state index contributed by atoms with van der Waals surface area (Å²) < 4.78 is 12.8. The Hall–Kier alpha value is -5.61. The van der Waals surface area contributed by atoms with Gasteiger partial charge in [0.2, 0.25) is 0 Å². The van der Waals surface area contributed by atoms with Crippen molar-refractivity contribution in [2.75, 3.05) is 13.2 Å². The molecule has 0 saturated heterocycles. The summed E-state index contributed by atoms with van der Waals surface area (Å²) in [5.41, 5.74) is 15.9. The van der Waals surface area contributed by atoms with Gasteiger partial charge in [-0.3, -0.25) is 9.97 Å². The highest BCUT2D eigenvalue weighted by Gasteiger charge is 2.38. The van der Waals surface area contributed by atoms with Crippen molar-refractivity contribution in [2.45, 2.75) is 187 Å². The van der Waals surface area contributed by atoms with Crippen LogP contribution in [0.15, 0.2) is 104 Å². The predicted molar refractivity (Wildman–Crippen MR) is 297 cm³/mol. The van der Waals surface area contributed by atoms with Crippen LogP contribution in [0.4, 0.5) is 0 Å². The summed E-state index contributed by atoms with van der Waals surface area (Å²) in [7, 11) is -1.94. The molecule has 0 bridgehead atoms. The number of ether oxygens (including phenoxy) is 2. The summed E-state index contributed by atoms with van der Waals surface area (Å²) in [5.74, 6) is 12.6. The van der Waals surface area contributed by atoms with Crippen LogP contribution >= 0.6 is 0 Å². The predicted octanol–water partition coefficient (Wildman–Crippen LogP) is 16.8. The Kier molecular flexibility index (Phi) is 25.0. The molecule has 0 spiro atoms. The normalized spacial score (nSPS) is 11.2.